The molecule has 14 aromatic carbocycles. The molecule has 32 rings (SSSR count). The number of aromatic nitrogens is 25. The van der Waals surface area contributed by atoms with Crippen LogP contribution in [0.15, 0.2) is 367 Å². The summed E-state index contributed by atoms with van der Waals surface area (Å²) in [6, 6.07) is 115. The van der Waals surface area contributed by atoms with Crippen molar-refractivity contribution in [1.82, 2.24) is 115 Å². The number of H-pyrrole nitrogens is 1. The normalized spacial score (nSPS) is 11.8. The van der Waals surface area contributed by atoms with Gasteiger partial charge in [0.15, 0.2) is 5.52 Å². The molecule has 1 N–H and O–H groups in total. The molecule has 0 aliphatic rings. The summed E-state index contributed by atoms with van der Waals surface area (Å²) in [7, 11) is 0. The Hall–Kier alpha value is -19.3. The lowest BCUT2D eigenvalue weighted by Gasteiger charge is -2.00. The maximum absolute atomic E-state index is 6.32. The number of fused-ring (bicyclic) bond motifs is 35. The van der Waals surface area contributed by atoms with Gasteiger partial charge >= 0.3 is 29.8 Å². The molecule has 31 heteroatoms. The lowest BCUT2D eigenvalue weighted by atomic mass is 10.1. The van der Waals surface area contributed by atoms with Crippen molar-refractivity contribution in [2.45, 2.75) is 48.5 Å². The number of imidazole rings is 10. The van der Waals surface area contributed by atoms with Gasteiger partial charge in [-0.2, -0.15) is 23.9 Å². The molecule has 0 amide bonds. The molecule has 0 aliphatic carbocycles. The smallest absolute Gasteiger partial charge is 0.376 e. The van der Waals surface area contributed by atoms with E-state index >= 15 is 0 Å². The van der Waals surface area contributed by atoms with Crippen LogP contribution in [0.5, 0.6) is 0 Å². The Labute approximate surface area is 782 Å². The van der Waals surface area contributed by atoms with Crippen LogP contribution in [0.25, 0.3) is 247 Å². The molecule has 0 radical (unpaired) electrons. The van der Waals surface area contributed by atoms with E-state index in [9.17, 15) is 0 Å². The van der Waals surface area contributed by atoms with Gasteiger partial charge in [-0.3, -0.25) is 17.6 Å². The van der Waals surface area contributed by atoms with Gasteiger partial charge in [0, 0.05) is 28.5 Å². The molecular formula is C108H78N25O6+. The van der Waals surface area contributed by atoms with E-state index in [-0.39, 0.29) is 0 Å². The Morgan fingerprint density at radius 2 is 0.532 bits per heavy atom. The summed E-state index contributed by atoms with van der Waals surface area (Å²) in [5, 5.41) is 23.6. The van der Waals surface area contributed by atoms with Crippen molar-refractivity contribution in [1.29, 1.82) is 0 Å². The highest BCUT2D eigenvalue weighted by molar-refractivity contribution is 6.21. The monoisotopic (exact) mass is 1820 g/mol. The van der Waals surface area contributed by atoms with Gasteiger partial charge < -0.3 is 26.9 Å². The summed E-state index contributed by atoms with van der Waals surface area (Å²) < 4.78 is 59.7. The van der Waals surface area contributed by atoms with Crippen LogP contribution < -0.4 is 4.40 Å². The van der Waals surface area contributed by atoms with Crippen molar-refractivity contribution >= 4 is 205 Å². The first-order valence-corrected chi connectivity index (χ1v) is 46.0. The van der Waals surface area contributed by atoms with Crippen molar-refractivity contribution in [2.24, 2.45) is 0 Å². The number of hydrogen-bond acceptors (Lipinski definition) is 18. The standard InChI is InChI=1S/C30H16N4O3.2C28H16N8O.C16H11N5O.3C2H6/c1-5-13-21-17(9-1)25-19-11-3-7-15-23(19)35-27(25)33(21)29-31-30(37-32-29)34-22-14-6-2-10-18(22)26-20-12-4-8-16-24(20)36-28(26)34;2*1-3-11-19-17(9-1)29-26-33(19)21-13-5-7-15-23(21)35(26)25-31-28(37-32-25)36-24-16-8-6-14-22(24)34-20-12-4-2-10-18(20)30-27(34)36;1-10-17-15(19-22-10)21-14-9-5-4-8-13(14)20-12-7-3-2-6-11(12)18-16(20)21;3*1-2/h3*1-16H;2-9H,1H3;3*1-2H3/p+1. The summed E-state index contributed by atoms with van der Waals surface area (Å²) in [5.74, 6) is 6.06. The van der Waals surface area contributed by atoms with E-state index in [1.54, 1.807) is 6.92 Å². The number of benzene rings is 14. The van der Waals surface area contributed by atoms with Gasteiger partial charge in [-0.1, -0.05) is 236 Å². The number of furan rings is 2. The lowest BCUT2D eigenvalue weighted by molar-refractivity contribution is -0.449. The predicted octanol–water partition coefficient (Wildman–Crippen LogP) is 24.5. The summed E-state index contributed by atoms with van der Waals surface area (Å²) >= 11 is 0. The number of aromatic amines is 1. The minimum absolute atomic E-state index is 0.322. The molecule has 0 unspecified atom stereocenters. The van der Waals surface area contributed by atoms with Crippen LogP contribution in [0.1, 0.15) is 47.4 Å². The van der Waals surface area contributed by atoms with Crippen molar-refractivity contribution in [3.63, 3.8) is 0 Å². The van der Waals surface area contributed by atoms with Crippen LogP contribution >= 0.6 is 0 Å². The molecule has 0 aliphatic heterocycles. The third-order valence-electron chi connectivity index (χ3n) is 25.1. The fourth-order valence-corrected chi connectivity index (χ4v) is 19.6. The molecule has 0 saturated heterocycles. The molecule has 31 nitrogen and oxygen atoms in total. The number of rotatable bonds is 7. The van der Waals surface area contributed by atoms with Crippen molar-refractivity contribution in [2.75, 3.05) is 0 Å². The Morgan fingerprint density at radius 3 is 0.957 bits per heavy atom. The van der Waals surface area contributed by atoms with Crippen LogP contribution in [0.4, 0.5) is 0 Å². The van der Waals surface area contributed by atoms with Crippen molar-refractivity contribution in [3.05, 3.63) is 346 Å². The molecular weight excluding hydrogens is 1740 g/mol. The zero-order valence-corrected chi connectivity index (χ0v) is 75.5. The van der Waals surface area contributed by atoms with Gasteiger partial charge in [0.2, 0.25) is 40.4 Å². The third-order valence-corrected chi connectivity index (χ3v) is 25.1. The fourth-order valence-electron chi connectivity index (χ4n) is 19.6. The Balaban J connectivity index is 0.0000000952. The molecule has 32 aromatic rings. The maximum Gasteiger partial charge on any atom is 0.376 e. The predicted molar refractivity (Wildman–Crippen MR) is 538 cm³/mol. The highest BCUT2D eigenvalue weighted by Gasteiger charge is 2.33. The Kier molecular flexibility index (Phi) is 18.5. The number of aryl methyl sites for hydroxylation is 1. The molecule has 139 heavy (non-hydrogen) atoms. The van der Waals surface area contributed by atoms with Crippen LogP contribution in [-0.4, -0.2) is 115 Å². The first kappa shape index (κ1) is 80.5. The average Bonchev–Trinajstić information content (AvgIpc) is 1.56. The second-order valence-electron chi connectivity index (χ2n) is 32.4. The van der Waals surface area contributed by atoms with Crippen LogP contribution in [0.2, 0.25) is 0 Å². The highest BCUT2D eigenvalue weighted by atomic mass is 16.5. The minimum atomic E-state index is 0.322. The summed E-state index contributed by atoms with van der Waals surface area (Å²) in [6.07, 6.45) is 0. The summed E-state index contributed by atoms with van der Waals surface area (Å²) in [4.78, 5) is 42.0. The highest BCUT2D eigenvalue weighted by Crippen LogP contribution is 2.43. The van der Waals surface area contributed by atoms with E-state index in [2.05, 4.69) is 150 Å². The molecule has 0 bridgehead atoms. The van der Waals surface area contributed by atoms with Crippen LogP contribution in [-0.2, 0) is 0 Å². The fraction of sp³-hybridized carbons (Fsp3) is 0.0648. The molecule has 18 heterocycles. The number of para-hydroxylation sites is 24. The first-order valence-electron chi connectivity index (χ1n) is 46.0. The van der Waals surface area contributed by atoms with Gasteiger partial charge in [-0.25, -0.2) is 52.3 Å². The quantitative estimate of drug-likeness (QED) is 0.145. The van der Waals surface area contributed by atoms with E-state index in [0.717, 1.165) is 188 Å². The number of nitrogens with one attached hydrogen (secondary N) is 1. The SMILES string of the molecule is CC.CC.CC.Cc1nc(-n2c3ccccc3n3c4ccccc4nc23)no1.c1ccc2c(c1)nc1n(-c3nc(-n4c5ccccc5[n+]5c6ccccc6[nH]c45)no3)c3ccccc3n21.c1ccc2c(c1)nc1n(-c3noc(-n4c5ccccc5n5c6ccccc6nc45)n3)c3ccccc3n21.c1ccc2c(c1)oc1c2c2ccccc2n1-c1noc(-n2c3ccccc3c3c4ccccc4oc32)n1. The van der Waals surface area contributed by atoms with Crippen molar-refractivity contribution in [3.8, 4) is 41.8 Å². The number of hydrogen-bond donors (Lipinski definition) is 1. The van der Waals surface area contributed by atoms with Gasteiger partial charge in [0.1, 0.15) is 27.7 Å². The first-order chi connectivity index (χ1) is 68.9. The van der Waals surface area contributed by atoms with Gasteiger partial charge in [-0.15, -0.1) is 4.98 Å². The van der Waals surface area contributed by atoms with Crippen LogP contribution in [0, 0.1) is 6.92 Å². The zero-order chi connectivity index (χ0) is 92.9. The van der Waals surface area contributed by atoms with Crippen molar-refractivity contribution < 1.29 is 31.3 Å². The van der Waals surface area contributed by atoms with E-state index in [1.807, 2.05) is 316 Å². The largest absolute Gasteiger partial charge is 0.439 e. The molecule has 0 atom stereocenters. The van der Waals surface area contributed by atoms with Crippen LogP contribution in [0.3, 0.4) is 0 Å². The average molecular weight is 1820 g/mol. The second kappa shape index (κ2) is 32.0. The summed E-state index contributed by atoms with van der Waals surface area (Å²) in [6.45, 7) is 13.8. The van der Waals surface area contributed by atoms with E-state index < -0.39 is 0 Å². The number of nitrogens with zero attached hydrogens (tertiary/aromatic N) is 24. The third kappa shape index (κ3) is 12.0. The van der Waals surface area contributed by atoms with Gasteiger partial charge in [-0.05, 0) is 166 Å². The lowest BCUT2D eigenvalue weighted by Crippen LogP contribution is -2.18. The van der Waals surface area contributed by atoms with Gasteiger partial charge in [0.05, 0.1) is 110 Å². The van der Waals surface area contributed by atoms with E-state index in [4.69, 9.17) is 61.8 Å². The minimum Gasteiger partial charge on any atom is -0.439 e. The Morgan fingerprint density at radius 1 is 0.237 bits per heavy atom. The topological polar surface area (TPSA) is 306 Å². The van der Waals surface area contributed by atoms with Gasteiger partial charge in [0.25, 0.3) is 17.8 Å². The Bertz CT molecular complexity index is 9170. The molecule has 0 fully saturated rings. The maximum atomic E-state index is 6.32. The second-order valence-corrected chi connectivity index (χ2v) is 32.4. The van der Waals surface area contributed by atoms with E-state index in [0.29, 0.717) is 64.9 Å². The molecule has 0 saturated carbocycles. The molecule has 670 valence electrons. The molecule has 0 spiro atoms. The zero-order valence-electron chi connectivity index (χ0n) is 75.5. The molecule has 18 aromatic heterocycles. The summed E-state index contributed by atoms with van der Waals surface area (Å²) in [5.41, 5.74) is 24.7. The van der Waals surface area contributed by atoms with E-state index in [1.165, 1.54) is 0 Å².